The summed E-state index contributed by atoms with van der Waals surface area (Å²) in [5, 5.41) is 0. The Morgan fingerprint density at radius 2 is 1.18 bits per heavy atom. The molecular formula is C21H22O11S. The number of rotatable bonds is 13. The molecule has 1 aromatic carbocycles. The fraction of sp³-hybridized carbons (Fsp3) is 0.238. The standard InChI is InChI=1S/C21H22O11S/c1-4-17(22)29-11-21(12-30-18(23)5-2,13-31-19(24)6-3)14-32-20(25)15-9-7-8-10-16(15)33(26,27)28/h4-10H,1-3,11-14H2,(H,26,27,28). The van der Waals surface area contributed by atoms with Gasteiger partial charge in [-0.1, -0.05) is 31.9 Å². The maximum atomic E-state index is 12.6. The minimum atomic E-state index is -4.75. The van der Waals surface area contributed by atoms with Gasteiger partial charge in [0.2, 0.25) is 0 Å². The molecule has 0 spiro atoms. The summed E-state index contributed by atoms with van der Waals surface area (Å²) in [5.74, 6) is -3.78. The average Bonchev–Trinajstić information content (AvgIpc) is 2.81. The Labute approximate surface area is 190 Å². The van der Waals surface area contributed by atoms with Crippen molar-refractivity contribution in [3.05, 3.63) is 67.8 Å². The van der Waals surface area contributed by atoms with E-state index in [-0.39, 0.29) is 0 Å². The molecule has 0 amide bonds. The molecule has 12 heteroatoms. The van der Waals surface area contributed by atoms with E-state index < -0.39 is 76.3 Å². The molecule has 11 nitrogen and oxygen atoms in total. The molecular weight excluding hydrogens is 460 g/mol. The Morgan fingerprint density at radius 3 is 1.58 bits per heavy atom. The quantitative estimate of drug-likeness (QED) is 0.187. The molecule has 33 heavy (non-hydrogen) atoms. The van der Waals surface area contributed by atoms with Crippen molar-refractivity contribution in [2.24, 2.45) is 5.41 Å². The minimum absolute atomic E-state index is 0.483. The number of benzene rings is 1. The summed E-state index contributed by atoms with van der Waals surface area (Å²) < 4.78 is 52.5. The summed E-state index contributed by atoms with van der Waals surface area (Å²) in [7, 11) is -4.75. The Morgan fingerprint density at radius 1 is 0.788 bits per heavy atom. The van der Waals surface area contributed by atoms with Gasteiger partial charge in [0.1, 0.15) is 36.7 Å². The SMILES string of the molecule is C=CC(=O)OCC(COC(=O)C=C)(COC(=O)C=C)COC(=O)c1ccccc1S(=O)(=O)O. The summed E-state index contributed by atoms with van der Waals surface area (Å²) in [6, 6.07) is 4.70. The lowest BCUT2D eigenvalue weighted by molar-refractivity contribution is -0.159. The molecule has 0 heterocycles. The average molecular weight is 482 g/mol. The van der Waals surface area contributed by atoms with Crippen molar-refractivity contribution < 1.29 is 51.1 Å². The van der Waals surface area contributed by atoms with E-state index >= 15 is 0 Å². The lowest BCUT2D eigenvalue weighted by Crippen LogP contribution is -2.43. The van der Waals surface area contributed by atoms with Crippen molar-refractivity contribution in [3.8, 4) is 0 Å². The first-order valence-electron chi connectivity index (χ1n) is 9.09. The molecule has 0 aliphatic carbocycles. The van der Waals surface area contributed by atoms with Gasteiger partial charge in [-0.2, -0.15) is 8.42 Å². The van der Waals surface area contributed by atoms with Crippen LogP contribution in [0.1, 0.15) is 10.4 Å². The Balaban J connectivity index is 3.24. The number of carbonyl (C=O) groups excluding carboxylic acids is 4. The number of ether oxygens (including phenoxy) is 4. The van der Waals surface area contributed by atoms with Gasteiger partial charge in [-0.3, -0.25) is 4.55 Å². The lowest BCUT2D eigenvalue weighted by Gasteiger charge is -2.31. The van der Waals surface area contributed by atoms with E-state index in [0.717, 1.165) is 30.4 Å². The first-order chi connectivity index (χ1) is 15.5. The van der Waals surface area contributed by atoms with Crippen LogP contribution < -0.4 is 0 Å². The van der Waals surface area contributed by atoms with Crippen LogP contribution in [-0.4, -0.2) is 63.3 Å². The second-order valence-electron chi connectivity index (χ2n) is 6.48. The summed E-state index contributed by atoms with van der Waals surface area (Å²) in [4.78, 5) is 46.6. The Kier molecular flexibility index (Phi) is 10.2. The zero-order valence-electron chi connectivity index (χ0n) is 17.4. The maximum Gasteiger partial charge on any atom is 0.339 e. The number of esters is 4. The predicted molar refractivity (Wildman–Crippen MR) is 112 cm³/mol. The second-order valence-corrected chi connectivity index (χ2v) is 7.87. The van der Waals surface area contributed by atoms with Gasteiger partial charge in [-0.15, -0.1) is 0 Å². The van der Waals surface area contributed by atoms with Crippen molar-refractivity contribution in [2.75, 3.05) is 26.4 Å². The van der Waals surface area contributed by atoms with Crippen LogP contribution in [0.25, 0.3) is 0 Å². The summed E-state index contributed by atoms with van der Waals surface area (Å²) >= 11 is 0. The molecule has 0 fully saturated rings. The van der Waals surface area contributed by atoms with Gasteiger partial charge in [-0.25, -0.2) is 19.2 Å². The van der Waals surface area contributed by atoms with E-state index in [4.69, 9.17) is 18.9 Å². The van der Waals surface area contributed by atoms with Crippen molar-refractivity contribution in [2.45, 2.75) is 4.90 Å². The second kappa shape index (κ2) is 12.3. The number of hydrogen-bond acceptors (Lipinski definition) is 10. The lowest BCUT2D eigenvalue weighted by atomic mass is 9.92. The summed E-state index contributed by atoms with van der Waals surface area (Å²) in [5.41, 5.74) is -2.08. The number of hydrogen-bond donors (Lipinski definition) is 1. The molecule has 0 aliphatic rings. The minimum Gasteiger partial charge on any atom is -0.462 e. The van der Waals surface area contributed by atoms with E-state index in [1.165, 1.54) is 12.1 Å². The van der Waals surface area contributed by atoms with Crippen LogP contribution in [-0.2, 0) is 43.4 Å². The topological polar surface area (TPSA) is 160 Å². The van der Waals surface area contributed by atoms with Gasteiger partial charge in [0.25, 0.3) is 10.1 Å². The van der Waals surface area contributed by atoms with Crippen molar-refractivity contribution in [1.82, 2.24) is 0 Å². The molecule has 0 aliphatic heterocycles. The smallest absolute Gasteiger partial charge is 0.339 e. The molecule has 0 radical (unpaired) electrons. The highest BCUT2D eigenvalue weighted by molar-refractivity contribution is 7.86. The van der Waals surface area contributed by atoms with E-state index in [1.807, 2.05) is 0 Å². The van der Waals surface area contributed by atoms with Crippen LogP contribution in [0.3, 0.4) is 0 Å². The normalized spacial score (nSPS) is 10.9. The third-order valence-electron chi connectivity index (χ3n) is 3.96. The fourth-order valence-corrected chi connectivity index (χ4v) is 2.94. The number of carbonyl (C=O) groups is 4. The van der Waals surface area contributed by atoms with Crippen LogP contribution in [0, 0.1) is 5.41 Å². The van der Waals surface area contributed by atoms with Crippen molar-refractivity contribution in [3.63, 3.8) is 0 Å². The van der Waals surface area contributed by atoms with Crippen LogP contribution in [0.15, 0.2) is 67.1 Å². The fourth-order valence-electron chi connectivity index (χ4n) is 2.26. The molecule has 178 valence electrons. The van der Waals surface area contributed by atoms with Gasteiger partial charge in [0.05, 0.1) is 5.56 Å². The van der Waals surface area contributed by atoms with Gasteiger partial charge in [0.15, 0.2) is 0 Å². The monoisotopic (exact) mass is 482 g/mol. The van der Waals surface area contributed by atoms with Crippen LogP contribution in [0.5, 0.6) is 0 Å². The predicted octanol–water partition coefficient (Wildman–Crippen LogP) is 1.26. The molecule has 1 N–H and O–H groups in total. The van der Waals surface area contributed by atoms with E-state index in [2.05, 4.69) is 19.7 Å². The molecule has 0 unspecified atom stereocenters. The maximum absolute atomic E-state index is 12.6. The van der Waals surface area contributed by atoms with Gasteiger partial charge in [-0.05, 0) is 12.1 Å². The molecule has 0 bridgehead atoms. The van der Waals surface area contributed by atoms with E-state index in [0.29, 0.717) is 0 Å². The summed E-state index contributed by atoms with van der Waals surface area (Å²) in [6.45, 7) is 7.41. The first-order valence-corrected chi connectivity index (χ1v) is 10.5. The van der Waals surface area contributed by atoms with Crippen LogP contribution in [0.4, 0.5) is 0 Å². The highest BCUT2D eigenvalue weighted by atomic mass is 32.2. The molecule has 1 aromatic rings. The molecule has 0 saturated heterocycles. The van der Waals surface area contributed by atoms with Crippen LogP contribution >= 0.6 is 0 Å². The van der Waals surface area contributed by atoms with Gasteiger partial charge in [0, 0.05) is 18.2 Å². The largest absolute Gasteiger partial charge is 0.462 e. The molecule has 0 atom stereocenters. The van der Waals surface area contributed by atoms with Crippen molar-refractivity contribution in [1.29, 1.82) is 0 Å². The third kappa shape index (κ3) is 8.71. The van der Waals surface area contributed by atoms with Crippen LogP contribution in [0.2, 0.25) is 0 Å². The Hall–Kier alpha value is -3.77. The first kappa shape index (κ1) is 27.3. The van der Waals surface area contributed by atoms with Gasteiger partial charge >= 0.3 is 23.9 Å². The molecule has 0 saturated carbocycles. The summed E-state index contributed by atoms with van der Waals surface area (Å²) in [6.07, 6.45) is 2.56. The highest BCUT2D eigenvalue weighted by Gasteiger charge is 2.38. The van der Waals surface area contributed by atoms with Gasteiger partial charge < -0.3 is 18.9 Å². The van der Waals surface area contributed by atoms with E-state index in [9.17, 15) is 32.1 Å². The Bertz CT molecular complexity index is 980. The molecule has 1 rings (SSSR count). The van der Waals surface area contributed by atoms with Crippen molar-refractivity contribution >= 4 is 34.0 Å². The zero-order valence-corrected chi connectivity index (χ0v) is 18.2. The third-order valence-corrected chi connectivity index (χ3v) is 4.87. The van der Waals surface area contributed by atoms with E-state index in [1.54, 1.807) is 0 Å². The molecule has 0 aromatic heterocycles. The highest BCUT2D eigenvalue weighted by Crippen LogP contribution is 2.23. The zero-order chi connectivity index (χ0) is 25.1.